The fraction of sp³-hybridized carbons (Fsp3) is 0.636. The Kier molecular flexibility index (Phi) is 6.13. The maximum Gasteiger partial charge on any atom is 0.254 e. The highest BCUT2D eigenvalue weighted by molar-refractivity contribution is 5.98. The SMILES string of the molecule is O=C(C1CC2CCCCC2N1C(=O)c1ccccc1)N1CCN(CC(F)F)CC1. The van der Waals surface area contributed by atoms with Gasteiger partial charge < -0.3 is 9.80 Å². The van der Waals surface area contributed by atoms with Crippen LogP contribution in [-0.4, -0.2) is 77.7 Å². The van der Waals surface area contributed by atoms with Gasteiger partial charge in [0.05, 0.1) is 6.54 Å². The zero-order chi connectivity index (χ0) is 20.4. The molecule has 29 heavy (non-hydrogen) atoms. The van der Waals surface area contributed by atoms with Gasteiger partial charge >= 0.3 is 0 Å². The van der Waals surface area contributed by atoms with E-state index >= 15 is 0 Å². The molecule has 1 aromatic rings. The van der Waals surface area contributed by atoms with Gasteiger partial charge in [-0.2, -0.15) is 0 Å². The molecule has 5 nitrogen and oxygen atoms in total. The second-order valence-corrected chi connectivity index (χ2v) is 8.46. The van der Waals surface area contributed by atoms with Crippen LogP contribution in [0.15, 0.2) is 30.3 Å². The van der Waals surface area contributed by atoms with E-state index in [-0.39, 0.29) is 24.4 Å². The number of fused-ring (bicyclic) bond motifs is 1. The molecule has 0 N–H and O–H groups in total. The third kappa shape index (κ3) is 4.29. The lowest BCUT2D eigenvalue weighted by atomic mass is 9.84. The van der Waals surface area contributed by atoms with Gasteiger partial charge in [0.2, 0.25) is 5.91 Å². The third-order valence-corrected chi connectivity index (χ3v) is 6.71. The number of hydrogen-bond donors (Lipinski definition) is 0. The van der Waals surface area contributed by atoms with Gasteiger partial charge in [-0.15, -0.1) is 0 Å². The average molecular weight is 405 g/mol. The lowest BCUT2D eigenvalue weighted by Gasteiger charge is -2.38. The predicted molar refractivity (Wildman–Crippen MR) is 106 cm³/mol. The normalized spacial score (nSPS) is 27.9. The van der Waals surface area contributed by atoms with Crippen molar-refractivity contribution in [2.45, 2.75) is 50.6 Å². The highest BCUT2D eigenvalue weighted by Gasteiger charge is 2.48. The number of likely N-dealkylation sites (tertiary alicyclic amines) is 1. The molecule has 0 bridgehead atoms. The maximum absolute atomic E-state index is 13.4. The summed E-state index contributed by atoms with van der Waals surface area (Å²) in [7, 11) is 0. The zero-order valence-electron chi connectivity index (χ0n) is 16.7. The second-order valence-electron chi connectivity index (χ2n) is 8.46. The number of nitrogens with zero attached hydrogens (tertiary/aromatic N) is 3. The molecule has 3 aliphatic rings. The quantitative estimate of drug-likeness (QED) is 0.774. The Bertz CT molecular complexity index is 722. The van der Waals surface area contributed by atoms with Crippen LogP contribution in [0.25, 0.3) is 0 Å². The van der Waals surface area contributed by atoms with Gasteiger partial charge in [0, 0.05) is 37.8 Å². The smallest absolute Gasteiger partial charge is 0.254 e. The van der Waals surface area contributed by atoms with E-state index in [9.17, 15) is 18.4 Å². The molecule has 1 aliphatic carbocycles. The van der Waals surface area contributed by atoms with Crippen molar-refractivity contribution in [3.63, 3.8) is 0 Å². The van der Waals surface area contributed by atoms with E-state index in [1.54, 1.807) is 9.80 Å². The van der Waals surface area contributed by atoms with Crippen LogP contribution in [0.5, 0.6) is 0 Å². The van der Waals surface area contributed by atoms with E-state index in [2.05, 4.69) is 0 Å². The monoisotopic (exact) mass is 405 g/mol. The topological polar surface area (TPSA) is 43.9 Å². The molecular formula is C22H29F2N3O2. The average Bonchev–Trinajstić information content (AvgIpc) is 3.13. The molecule has 1 saturated carbocycles. The molecule has 3 atom stereocenters. The molecule has 7 heteroatoms. The molecular weight excluding hydrogens is 376 g/mol. The van der Waals surface area contributed by atoms with Crippen molar-refractivity contribution in [2.75, 3.05) is 32.7 Å². The number of alkyl halides is 2. The van der Waals surface area contributed by atoms with Gasteiger partial charge in [0.1, 0.15) is 6.04 Å². The Hall–Kier alpha value is -2.02. The fourth-order valence-electron chi connectivity index (χ4n) is 5.26. The predicted octanol–water partition coefficient (Wildman–Crippen LogP) is 2.87. The summed E-state index contributed by atoms with van der Waals surface area (Å²) in [5, 5.41) is 0. The molecule has 1 aromatic carbocycles. The van der Waals surface area contributed by atoms with E-state index in [0.717, 1.165) is 32.1 Å². The van der Waals surface area contributed by atoms with Crippen molar-refractivity contribution in [3.05, 3.63) is 35.9 Å². The molecule has 2 amide bonds. The minimum absolute atomic E-state index is 0.0135. The molecule has 0 radical (unpaired) electrons. The first-order valence-electron chi connectivity index (χ1n) is 10.7. The van der Waals surface area contributed by atoms with Crippen molar-refractivity contribution in [2.24, 2.45) is 5.92 Å². The van der Waals surface area contributed by atoms with Gasteiger partial charge in [-0.3, -0.25) is 14.5 Å². The number of halogens is 2. The van der Waals surface area contributed by atoms with Crippen LogP contribution in [0.2, 0.25) is 0 Å². The second kappa shape index (κ2) is 8.78. The Labute approximate surface area is 170 Å². The van der Waals surface area contributed by atoms with Crippen LogP contribution in [0.4, 0.5) is 8.78 Å². The number of amides is 2. The Balaban J connectivity index is 1.50. The number of carbonyl (C=O) groups is 2. The summed E-state index contributed by atoms with van der Waals surface area (Å²) in [6, 6.07) is 8.89. The van der Waals surface area contributed by atoms with Crippen LogP contribution in [0.1, 0.15) is 42.5 Å². The van der Waals surface area contributed by atoms with Crippen LogP contribution in [0.3, 0.4) is 0 Å². The molecule has 4 rings (SSSR count). The van der Waals surface area contributed by atoms with Gasteiger partial charge in [0.25, 0.3) is 12.3 Å². The number of hydrogen-bond acceptors (Lipinski definition) is 3. The van der Waals surface area contributed by atoms with Crippen molar-refractivity contribution in [1.29, 1.82) is 0 Å². The standard InChI is InChI=1S/C22H29F2N3O2/c23-20(24)15-25-10-12-26(13-11-25)22(29)19-14-17-8-4-5-9-18(17)27(19)21(28)16-6-2-1-3-7-16/h1-3,6-7,17-20H,4-5,8-15H2. The van der Waals surface area contributed by atoms with Crippen molar-refractivity contribution >= 4 is 11.8 Å². The largest absolute Gasteiger partial charge is 0.338 e. The van der Waals surface area contributed by atoms with Crippen LogP contribution < -0.4 is 0 Å². The Morgan fingerprint density at radius 1 is 1.00 bits per heavy atom. The van der Waals surface area contributed by atoms with Crippen LogP contribution in [0, 0.1) is 5.92 Å². The maximum atomic E-state index is 13.4. The van der Waals surface area contributed by atoms with Gasteiger partial charge in [-0.05, 0) is 37.3 Å². The number of rotatable bonds is 4. The number of carbonyl (C=O) groups excluding carboxylic acids is 2. The first-order valence-corrected chi connectivity index (χ1v) is 10.7. The molecule has 0 aromatic heterocycles. The fourth-order valence-corrected chi connectivity index (χ4v) is 5.26. The Morgan fingerprint density at radius 3 is 2.38 bits per heavy atom. The van der Waals surface area contributed by atoms with E-state index in [4.69, 9.17) is 0 Å². The molecule has 2 heterocycles. The summed E-state index contributed by atoms with van der Waals surface area (Å²) in [6.07, 6.45) is 2.63. The molecule has 2 saturated heterocycles. The molecule has 0 spiro atoms. The summed E-state index contributed by atoms with van der Waals surface area (Å²) in [6.45, 7) is 1.58. The van der Waals surface area contributed by atoms with Gasteiger partial charge in [-0.1, -0.05) is 31.0 Å². The Morgan fingerprint density at radius 2 is 1.69 bits per heavy atom. The van der Waals surface area contributed by atoms with Crippen LogP contribution in [-0.2, 0) is 4.79 Å². The van der Waals surface area contributed by atoms with Crippen LogP contribution >= 0.6 is 0 Å². The molecule has 2 aliphatic heterocycles. The summed E-state index contributed by atoms with van der Waals surface area (Å²) < 4.78 is 25.3. The summed E-state index contributed by atoms with van der Waals surface area (Å²) in [5.41, 5.74) is 0.623. The molecule has 3 unspecified atom stereocenters. The number of piperazine rings is 1. The van der Waals surface area contributed by atoms with E-state index in [1.807, 2.05) is 35.2 Å². The summed E-state index contributed by atoms with van der Waals surface area (Å²) >= 11 is 0. The minimum Gasteiger partial charge on any atom is -0.338 e. The first kappa shape index (κ1) is 20.3. The van der Waals surface area contributed by atoms with E-state index in [1.165, 1.54) is 0 Å². The van der Waals surface area contributed by atoms with Crippen molar-refractivity contribution in [3.8, 4) is 0 Å². The van der Waals surface area contributed by atoms with E-state index < -0.39 is 12.5 Å². The van der Waals surface area contributed by atoms with Crippen molar-refractivity contribution in [1.82, 2.24) is 14.7 Å². The first-order chi connectivity index (χ1) is 14.0. The summed E-state index contributed by atoms with van der Waals surface area (Å²) in [4.78, 5) is 32.1. The number of benzene rings is 1. The van der Waals surface area contributed by atoms with Crippen molar-refractivity contribution < 1.29 is 18.4 Å². The highest BCUT2D eigenvalue weighted by Crippen LogP contribution is 2.41. The molecule has 3 fully saturated rings. The lowest BCUT2D eigenvalue weighted by molar-refractivity contribution is -0.137. The third-order valence-electron chi connectivity index (χ3n) is 6.71. The minimum atomic E-state index is -2.35. The van der Waals surface area contributed by atoms with Gasteiger partial charge in [0.15, 0.2) is 0 Å². The lowest BCUT2D eigenvalue weighted by Crippen LogP contribution is -2.55. The molecule has 158 valence electrons. The highest BCUT2D eigenvalue weighted by atomic mass is 19.3. The zero-order valence-corrected chi connectivity index (χ0v) is 16.7. The summed E-state index contributed by atoms with van der Waals surface area (Å²) in [5.74, 6) is 0.306. The van der Waals surface area contributed by atoms with Gasteiger partial charge in [-0.25, -0.2) is 8.78 Å². The van der Waals surface area contributed by atoms with E-state index in [0.29, 0.717) is 37.7 Å².